The Labute approximate surface area is 187 Å². The van der Waals surface area contributed by atoms with Gasteiger partial charge in [0.2, 0.25) is 0 Å². The number of hydrogen-bond donors (Lipinski definition) is 1. The van der Waals surface area contributed by atoms with Crippen molar-refractivity contribution in [2.45, 2.75) is 11.3 Å². The van der Waals surface area contributed by atoms with E-state index in [1.54, 1.807) is 42.1 Å². The van der Waals surface area contributed by atoms with Crippen molar-refractivity contribution in [2.75, 3.05) is 10.8 Å². The molecule has 4 rings (SSSR count). The number of sulfonamides is 1. The summed E-state index contributed by atoms with van der Waals surface area (Å²) >= 11 is 7.12. The van der Waals surface area contributed by atoms with Crippen molar-refractivity contribution in [1.82, 2.24) is 25.6 Å². The molecule has 0 spiro atoms. The lowest BCUT2D eigenvalue weighted by Crippen LogP contribution is -2.33. The normalized spacial score (nSPS) is 11.8. The Hall–Kier alpha value is -3.15. The molecule has 0 aliphatic carbocycles. The number of anilines is 1. The number of aliphatic imine (C=N–C) groups is 1. The van der Waals surface area contributed by atoms with Crippen LogP contribution in [0.2, 0.25) is 5.02 Å². The number of aromatic amines is 1. The summed E-state index contributed by atoms with van der Waals surface area (Å²) in [5, 5.41) is 16.4. The molecule has 0 unspecified atom stereocenters. The summed E-state index contributed by atoms with van der Waals surface area (Å²) in [6.45, 7) is 0.131. The van der Waals surface area contributed by atoms with E-state index in [9.17, 15) is 8.42 Å². The van der Waals surface area contributed by atoms with Crippen LogP contribution < -0.4 is 4.31 Å². The summed E-state index contributed by atoms with van der Waals surface area (Å²) in [5.41, 5.74) is 1.51. The minimum absolute atomic E-state index is 0.131. The molecule has 0 radical (unpaired) electrons. The molecule has 9 nitrogen and oxygen atoms in total. The number of H-pyrrole nitrogens is 1. The van der Waals surface area contributed by atoms with Crippen LogP contribution in [-0.4, -0.2) is 46.8 Å². The van der Waals surface area contributed by atoms with Crippen LogP contribution in [0, 0.1) is 0 Å². The van der Waals surface area contributed by atoms with Crippen molar-refractivity contribution in [3.8, 4) is 0 Å². The van der Waals surface area contributed by atoms with Gasteiger partial charge < -0.3 is 0 Å². The standard InChI is InChI=1S/C19H16ClN7O2S2/c20-15-3-1-14(2-4-15)13-22-16-5-7-17(8-6-16)31(28,29)27(19-21-10-12-30-19)11-9-18-23-25-26-24-18/h1-8,10,12-13H,9,11H2,(H,23,24,25,26). The van der Waals surface area contributed by atoms with Crippen molar-refractivity contribution >= 4 is 50.0 Å². The minimum Gasteiger partial charge on any atom is -0.256 e. The SMILES string of the molecule is O=S(=O)(c1ccc(N=Cc2ccc(Cl)cc2)cc1)N(CCc1nn[nH]n1)c1nccs1. The van der Waals surface area contributed by atoms with Gasteiger partial charge in [0.05, 0.1) is 10.6 Å². The first-order valence-corrected chi connectivity index (χ1v) is 11.8. The molecule has 4 aromatic rings. The second kappa shape index (κ2) is 9.33. The van der Waals surface area contributed by atoms with Gasteiger partial charge in [-0.25, -0.2) is 17.7 Å². The lowest BCUT2D eigenvalue weighted by Gasteiger charge is -2.21. The molecule has 31 heavy (non-hydrogen) atoms. The molecule has 0 bridgehead atoms. The lowest BCUT2D eigenvalue weighted by atomic mass is 10.2. The number of halogens is 1. The monoisotopic (exact) mass is 473 g/mol. The van der Waals surface area contributed by atoms with Crippen molar-refractivity contribution in [3.63, 3.8) is 0 Å². The summed E-state index contributed by atoms with van der Waals surface area (Å²) in [6.07, 6.45) is 3.54. The lowest BCUT2D eigenvalue weighted by molar-refractivity contribution is 0.590. The van der Waals surface area contributed by atoms with Gasteiger partial charge in [-0.15, -0.1) is 21.5 Å². The molecule has 0 saturated heterocycles. The van der Waals surface area contributed by atoms with Crippen molar-refractivity contribution in [1.29, 1.82) is 0 Å². The highest BCUT2D eigenvalue weighted by molar-refractivity contribution is 7.93. The largest absolute Gasteiger partial charge is 0.266 e. The van der Waals surface area contributed by atoms with Gasteiger partial charge in [-0.05, 0) is 42.0 Å². The first kappa shape index (κ1) is 21.1. The van der Waals surface area contributed by atoms with Gasteiger partial charge >= 0.3 is 0 Å². The summed E-state index contributed by atoms with van der Waals surface area (Å²) in [6, 6.07) is 13.6. The number of aromatic nitrogens is 5. The molecule has 0 aliphatic heterocycles. The third kappa shape index (κ3) is 5.13. The van der Waals surface area contributed by atoms with Gasteiger partial charge in [-0.3, -0.25) is 4.99 Å². The topological polar surface area (TPSA) is 117 Å². The van der Waals surface area contributed by atoms with Gasteiger partial charge in [0.15, 0.2) is 11.0 Å². The molecule has 0 atom stereocenters. The van der Waals surface area contributed by atoms with E-state index in [1.807, 2.05) is 12.1 Å². The third-order valence-electron chi connectivity index (χ3n) is 4.22. The highest BCUT2D eigenvalue weighted by Gasteiger charge is 2.27. The molecule has 2 aromatic carbocycles. The molecule has 2 heterocycles. The zero-order chi connectivity index (χ0) is 21.7. The van der Waals surface area contributed by atoms with Crippen LogP contribution >= 0.6 is 22.9 Å². The van der Waals surface area contributed by atoms with E-state index in [-0.39, 0.29) is 11.4 Å². The fourth-order valence-corrected chi connectivity index (χ4v) is 5.12. The molecule has 0 amide bonds. The molecule has 1 N–H and O–H groups in total. The Bertz CT molecular complexity index is 1240. The van der Waals surface area contributed by atoms with E-state index in [0.29, 0.717) is 28.1 Å². The minimum atomic E-state index is -3.84. The summed E-state index contributed by atoms with van der Waals surface area (Å²) < 4.78 is 27.8. The van der Waals surface area contributed by atoms with Crippen LogP contribution in [-0.2, 0) is 16.4 Å². The maximum absolute atomic E-state index is 13.3. The zero-order valence-electron chi connectivity index (χ0n) is 16.0. The van der Waals surface area contributed by atoms with E-state index in [2.05, 4.69) is 30.6 Å². The van der Waals surface area contributed by atoms with Gasteiger partial charge in [0, 0.05) is 35.8 Å². The van der Waals surface area contributed by atoms with Crippen LogP contribution in [0.3, 0.4) is 0 Å². The van der Waals surface area contributed by atoms with E-state index in [1.165, 1.54) is 27.8 Å². The van der Waals surface area contributed by atoms with Crippen molar-refractivity contribution in [3.05, 3.63) is 76.5 Å². The van der Waals surface area contributed by atoms with Gasteiger partial charge in [-0.2, -0.15) is 5.21 Å². The molecule has 0 saturated carbocycles. The second-order valence-corrected chi connectivity index (χ2v) is 9.45. The maximum atomic E-state index is 13.3. The molecular formula is C19H16ClN7O2S2. The number of tetrazole rings is 1. The van der Waals surface area contributed by atoms with E-state index in [4.69, 9.17) is 11.6 Å². The van der Waals surface area contributed by atoms with E-state index >= 15 is 0 Å². The molecular weight excluding hydrogens is 458 g/mol. The molecule has 2 aromatic heterocycles. The fraction of sp³-hybridized carbons (Fsp3) is 0.105. The number of thiazole rings is 1. The third-order valence-corrected chi connectivity index (χ3v) is 7.18. The second-order valence-electron chi connectivity index (χ2n) is 6.27. The highest BCUT2D eigenvalue weighted by atomic mass is 35.5. The smallest absolute Gasteiger partial charge is 0.256 e. The quantitative estimate of drug-likeness (QED) is 0.391. The summed E-state index contributed by atoms with van der Waals surface area (Å²) in [5.74, 6) is 0.420. The van der Waals surface area contributed by atoms with Crippen LogP contribution in [0.25, 0.3) is 0 Å². The zero-order valence-corrected chi connectivity index (χ0v) is 18.3. The first-order chi connectivity index (χ1) is 15.0. The highest BCUT2D eigenvalue weighted by Crippen LogP contribution is 2.27. The van der Waals surface area contributed by atoms with E-state index < -0.39 is 10.0 Å². The predicted molar refractivity (Wildman–Crippen MR) is 120 cm³/mol. The molecule has 0 fully saturated rings. The number of nitrogens with zero attached hydrogens (tertiary/aromatic N) is 6. The van der Waals surface area contributed by atoms with Gasteiger partial charge in [0.25, 0.3) is 10.0 Å². The molecule has 0 aliphatic rings. The Morgan fingerprint density at radius 3 is 2.55 bits per heavy atom. The maximum Gasteiger partial charge on any atom is 0.266 e. The Morgan fingerprint density at radius 2 is 1.90 bits per heavy atom. The van der Waals surface area contributed by atoms with Crippen molar-refractivity contribution in [2.24, 2.45) is 4.99 Å². The molecule has 158 valence electrons. The average molecular weight is 474 g/mol. The number of nitrogens with one attached hydrogen (secondary N) is 1. The number of hydrogen-bond acceptors (Lipinski definition) is 8. The number of benzene rings is 2. The van der Waals surface area contributed by atoms with Crippen LogP contribution in [0.15, 0.2) is 70.0 Å². The predicted octanol–water partition coefficient (Wildman–Crippen LogP) is 3.50. The summed E-state index contributed by atoms with van der Waals surface area (Å²) in [7, 11) is -3.84. The van der Waals surface area contributed by atoms with Crippen LogP contribution in [0.5, 0.6) is 0 Å². The van der Waals surface area contributed by atoms with Crippen molar-refractivity contribution < 1.29 is 8.42 Å². The van der Waals surface area contributed by atoms with Gasteiger partial charge in [-0.1, -0.05) is 28.9 Å². The van der Waals surface area contributed by atoms with Crippen LogP contribution in [0.1, 0.15) is 11.4 Å². The first-order valence-electron chi connectivity index (χ1n) is 9.07. The molecule has 12 heteroatoms. The fourth-order valence-electron chi connectivity index (χ4n) is 2.68. The summed E-state index contributed by atoms with van der Waals surface area (Å²) in [4.78, 5) is 8.68. The van der Waals surface area contributed by atoms with Crippen LogP contribution in [0.4, 0.5) is 10.8 Å². The Kier molecular flexibility index (Phi) is 6.35. The average Bonchev–Trinajstić information content (AvgIpc) is 3.48. The Morgan fingerprint density at radius 1 is 1.13 bits per heavy atom. The van der Waals surface area contributed by atoms with Gasteiger partial charge in [0.1, 0.15) is 0 Å². The van der Waals surface area contributed by atoms with E-state index in [0.717, 1.165) is 5.56 Å². The number of rotatable bonds is 8. The Balaban J connectivity index is 1.54.